The van der Waals surface area contributed by atoms with Gasteiger partial charge >= 0.3 is 0 Å². The number of hydrogen-bond acceptors (Lipinski definition) is 3. The molecule has 0 saturated carbocycles. The van der Waals surface area contributed by atoms with Crippen LogP contribution in [0.15, 0.2) is 36.4 Å². The lowest BCUT2D eigenvalue weighted by atomic mass is 10.1. The van der Waals surface area contributed by atoms with Gasteiger partial charge < -0.3 is 15.0 Å². The van der Waals surface area contributed by atoms with E-state index < -0.39 is 0 Å². The number of nitrogens with zero attached hydrogens (tertiary/aromatic N) is 1. The van der Waals surface area contributed by atoms with Crippen LogP contribution in [0.1, 0.15) is 22.8 Å². The van der Waals surface area contributed by atoms with E-state index in [9.17, 15) is 9.59 Å². The molecule has 0 atom stereocenters. The molecule has 2 amide bonds. The lowest BCUT2D eigenvalue weighted by molar-refractivity contribution is -0.116. The number of para-hydroxylation sites is 1. The fourth-order valence-electron chi connectivity index (χ4n) is 2.53. The SMILES string of the molecule is CCc1ccccc1NC(=O)CN(C)C(=O)c1cc(Cl)c(OC)c(Cl)c1. The minimum absolute atomic E-state index is 0.0991. The molecule has 5 nitrogen and oxygen atoms in total. The molecule has 0 aliphatic rings. The van der Waals surface area contributed by atoms with Gasteiger partial charge in [0, 0.05) is 18.3 Å². The molecule has 0 fully saturated rings. The van der Waals surface area contributed by atoms with Gasteiger partial charge in [-0.05, 0) is 30.2 Å². The smallest absolute Gasteiger partial charge is 0.254 e. The molecule has 0 aliphatic carbocycles. The van der Waals surface area contributed by atoms with Crippen LogP contribution in [0.25, 0.3) is 0 Å². The van der Waals surface area contributed by atoms with Crippen molar-refractivity contribution < 1.29 is 14.3 Å². The molecule has 0 unspecified atom stereocenters. The number of aryl methyl sites for hydroxylation is 1. The summed E-state index contributed by atoms with van der Waals surface area (Å²) < 4.78 is 5.07. The Balaban J connectivity index is 2.08. The van der Waals surface area contributed by atoms with Gasteiger partial charge in [0.05, 0.1) is 23.7 Å². The van der Waals surface area contributed by atoms with Crippen molar-refractivity contribution in [2.24, 2.45) is 0 Å². The predicted molar refractivity (Wildman–Crippen MR) is 104 cm³/mol. The molecule has 0 spiro atoms. The van der Waals surface area contributed by atoms with E-state index in [1.54, 1.807) is 7.05 Å². The van der Waals surface area contributed by atoms with Crippen molar-refractivity contribution in [1.82, 2.24) is 4.90 Å². The minimum Gasteiger partial charge on any atom is -0.494 e. The number of carbonyl (C=O) groups excluding carboxylic acids is 2. The molecule has 0 saturated heterocycles. The number of likely N-dealkylation sites (N-methyl/N-ethyl adjacent to an activating group) is 1. The summed E-state index contributed by atoms with van der Waals surface area (Å²) in [7, 11) is 2.98. The summed E-state index contributed by atoms with van der Waals surface area (Å²) in [6.07, 6.45) is 0.800. The van der Waals surface area contributed by atoms with E-state index in [-0.39, 0.29) is 34.0 Å². The molecule has 0 aliphatic heterocycles. The highest BCUT2D eigenvalue weighted by molar-refractivity contribution is 6.37. The third-order valence-electron chi connectivity index (χ3n) is 3.85. The van der Waals surface area contributed by atoms with Gasteiger partial charge in [0.25, 0.3) is 5.91 Å². The van der Waals surface area contributed by atoms with Crippen LogP contribution in [0.5, 0.6) is 5.75 Å². The highest BCUT2D eigenvalue weighted by Crippen LogP contribution is 2.34. The molecule has 7 heteroatoms. The third kappa shape index (κ3) is 4.68. The number of anilines is 1. The summed E-state index contributed by atoms with van der Waals surface area (Å²) >= 11 is 12.1. The number of methoxy groups -OCH3 is 1. The normalized spacial score (nSPS) is 10.3. The second-order valence-corrected chi connectivity index (χ2v) is 6.51. The van der Waals surface area contributed by atoms with E-state index in [0.717, 1.165) is 17.7 Å². The number of amides is 2. The van der Waals surface area contributed by atoms with Crippen molar-refractivity contribution in [3.05, 3.63) is 57.6 Å². The number of ether oxygens (including phenoxy) is 1. The van der Waals surface area contributed by atoms with Crippen molar-refractivity contribution in [2.75, 3.05) is 26.0 Å². The molecule has 1 N–H and O–H groups in total. The van der Waals surface area contributed by atoms with E-state index >= 15 is 0 Å². The first kappa shape index (κ1) is 20.1. The zero-order chi connectivity index (χ0) is 19.3. The number of nitrogens with one attached hydrogen (secondary N) is 1. The van der Waals surface area contributed by atoms with Crippen LogP contribution >= 0.6 is 23.2 Å². The quantitative estimate of drug-likeness (QED) is 0.795. The lowest BCUT2D eigenvalue weighted by Crippen LogP contribution is -2.35. The van der Waals surface area contributed by atoms with Crippen molar-refractivity contribution in [3.8, 4) is 5.75 Å². The van der Waals surface area contributed by atoms with Crippen molar-refractivity contribution in [1.29, 1.82) is 0 Å². The zero-order valence-electron chi connectivity index (χ0n) is 14.8. The maximum absolute atomic E-state index is 12.5. The number of hydrogen-bond donors (Lipinski definition) is 1. The lowest BCUT2D eigenvalue weighted by Gasteiger charge is -2.18. The first-order chi connectivity index (χ1) is 12.4. The first-order valence-electron chi connectivity index (χ1n) is 8.03. The van der Waals surface area contributed by atoms with Gasteiger partial charge in [-0.2, -0.15) is 0 Å². The highest BCUT2D eigenvalue weighted by Gasteiger charge is 2.19. The molecule has 2 rings (SSSR count). The van der Waals surface area contributed by atoms with Crippen molar-refractivity contribution in [2.45, 2.75) is 13.3 Å². The van der Waals surface area contributed by atoms with Gasteiger partial charge in [0.15, 0.2) is 5.75 Å². The summed E-state index contributed by atoms with van der Waals surface area (Å²) in [5, 5.41) is 3.30. The van der Waals surface area contributed by atoms with Gasteiger partial charge in [0.1, 0.15) is 0 Å². The fraction of sp³-hybridized carbons (Fsp3) is 0.263. The minimum atomic E-state index is -0.365. The average Bonchev–Trinajstić information content (AvgIpc) is 2.61. The number of benzene rings is 2. The molecule has 26 heavy (non-hydrogen) atoms. The van der Waals surface area contributed by atoms with Crippen molar-refractivity contribution in [3.63, 3.8) is 0 Å². The monoisotopic (exact) mass is 394 g/mol. The van der Waals surface area contributed by atoms with Gasteiger partial charge in [-0.25, -0.2) is 0 Å². The van der Waals surface area contributed by atoms with Crippen LogP contribution in [0.2, 0.25) is 10.0 Å². The Kier molecular flexibility index (Phi) is 6.89. The number of halogens is 2. The Bertz CT molecular complexity index is 801. The van der Waals surface area contributed by atoms with Crippen LogP contribution in [-0.4, -0.2) is 37.4 Å². The summed E-state index contributed by atoms with van der Waals surface area (Å²) in [5.41, 5.74) is 2.06. The molecule has 0 radical (unpaired) electrons. The zero-order valence-corrected chi connectivity index (χ0v) is 16.3. The Morgan fingerprint density at radius 1 is 1.15 bits per heavy atom. The predicted octanol–water partition coefficient (Wildman–Crippen LogP) is 4.28. The average molecular weight is 395 g/mol. The van der Waals surface area contributed by atoms with Crippen LogP contribution in [0.3, 0.4) is 0 Å². The second kappa shape index (κ2) is 8.92. The van der Waals surface area contributed by atoms with E-state index in [2.05, 4.69) is 5.32 Å². The maximum atomic E-state index is 12.5. The van der Waals surface area contributed by atoms with Crippen molar-refractivity contribution >= 4 is 40.7 Å². The molecule has 2 aromatic carbocycles. The maximum Gasteiger partial charge on any atom is 0.254 e. The van der Waals surface area contributed by atoms with Crippen LogP contribution in [0, 0.1) is 0 Å². The largest absolute Gasteiger partial charge is 0.494 e. The third-order valence-corrected chi connectivity index (χ3v) is 4.41. The summed E-state index contributed by atoms with van der Waals surface area (Å²) in [6, 6.07) is 10.5. The van der Waals surface area contributed by atoms with Crippen LogP contribution in [0.4, 0.5) is 5.69 Å². The van der Waals surface area contributed by atoms with Gasteiger partial charge in [0.2, 0.25) is 5.91 Å². The van der Waals surface area contributed by atoms with E-state index in [1.165, 1.54) is 24.1 Å². The van der Waals surface area contributed by atoms with Gasteiger partial charge in [-0.3, -0.25) is 9.59 Å². The second-order valence-electron chi connectivity index (χ2n) is 5.69. The first-order valence-corrected chi connectivity index (χ1v) is 8.79. The number of carbonyl (C=O) groups is 2. The molecular formula is C19H20Cl2N2O3. The Morgan fingerprint density at radius 2 is 1.77 bits per heavy atom. The van der Waals surface area contributed by atoms with Crippen LogP contribution < -0.4 is 10.1 Å². The van der Waals surface area contributed by atoms with Crippen LogP contribution in [-0.2, 0) is 11.2 Å². The van der Waals surface area contributed by atoms with E-state index in [4.69, 9.17) is 27.9 Å². The molecule has 0 heterocycles. The van der Waals surface area contributed by atoms with Gasteiger partial charge in [-0.15, -0.1) is 0 Å². The molecule has 138 valence electrons. The summed E-state index contributed by atoms with van der Waals surface area (Å²) in [6.45, 7) is 1.91. The number of rotatable bonds is 6. The molecule has 0 bridgehead atoms. The Labute approximate surface area is 162 Å². The standard InChI is InChI=1S/C19H20Cl2N2O3/c1-4-12-7-5-6-8-16(12)22-17(24)11-23(2)19(25)13-9-14(20)18(26-3)15(21)10-13/h5-10H,4,11H2,1-3H3,(H,22,24). The van der Waals surface area contributed by atoms with E-state index in [1.807, 2.05) is 31.2 Å². The Morgan fingerprint density at radius 3 is 2.35 bits per heavy atom. The fourth-order valence-corrected chi connectivity index (χ4v) is 3.17. The highest BCUT2D eigenvalue weighted by atomic mass is 35.5. The van der Waals surface area contributed by atoms with E-state index in [0.29, 0.717) is 5.75 Å². The molecule has 0 aromatic heterocycles. The Hall–Kier alpha value is -2.24. The summed E-state index contributed by atoms with van der Waals surface area (Å²) in [4.78, 5) is 26.1. The van der Waals surface area contributed by atoms with Gasteiger partial charge in [-0.1, -0.05) is 48.3 Å². The molecule has 2 aromatic rings. The summed E-state index contributed by atoms with van der Waals surface area (Å²) in [5.74, 6) is -0.343. The molecular weight excluding hydrogens is 375 g/mol. The topological polar surface area (TPSA) is 58.6 Å².